The zero-order valence-corrected chi connectivity index (χ0v) is 17.8. The number of hydrogen-bond acceptors (Lipinski definition) is 4. The van der Waals surface area contributed by atoms with Crippen LogP contribution in [-0.4, -0.2) is 16.0 Å². The number of aromatic nitrogens is 1. The van der Waals surface area contributed by atoms with Crippen molar-refractivity contribution in [1.29, 1.82) is 0 Å². The molecule has 6 heteroatoms. The molecule has 0 radical (unpaired) electrons. The summed E-state index contributed by atoms with van der Waals surface area (Å²) in [5.74, 6) is -0.113. The van der Waals surface area contributed by atoms with Crippen molar-refractivity contribution in [2.75, 3.05) is 0 Å². The summed E-state index contributed by atoms with van der Waals surface area (Å²) < 4.78 is 5.54. The van der Waals surface area contributed by atoms with Crippen molar-refractivity contribution >= 4 is 29.0 Å². The van der Waals surface area contributed by atoms with E-state index in [1.807, 2.05) is 41.5 Å². The van der Waals surface area contributed by atoms with Crippen LogP contribution in [0.15, 0.2) is 34.4 Å². The highest BCUT2D eigenvalue weighted by molar-refractivity contribution is 6.39. The quantitative estimate of drug-likeness (QED) is 0.624. The summed E-state index contributed by atoms with van der Waals surface area (Å²) in [5, 5.41) is 16.4. The van der Waals surface area contributed by atoms with E-state index in [2.05, 4.69) is 5.16 Å². The van der Waals surface area contributed by atoms with Gasteiger partial charge in [0.2, 0.25) is 0 Å². The Kier molecular flexibility index (Phi) is 4.62. The molecular weight excluding hydrogens is 385 g/mol. The van der Waals surface area contributed by atoms with Gasteiger partial charge < -0.3 is 9.63 Å². The van der Waals surface area contributed by atoms with Crippen molar-refractivity contribution in [3.05, 3.63) is 51.2 Å². The van der Waals surface area contributed by atoms with Gasteiger partial charge in [-0.1, -0.05) is 76.0 Å². The Morgan fingerprint density at radius 1 is 1.04 bits per heavy atom. The smallest absolute Gasteiger partial charge is 0.195 e. The highest BCUT2D eigenvalue weighted by atomic mass is 35.5. The lowest BCUT2D eigenvalue weighted by Gasteiger charge is -2.40. The Labute approximate surface area is 169 Å². The van der Waals surface area contributed by atoms with E-state index in [0.29, 0.717) is 21.2 Å². The van der Waals surface area contributed by atoms with Crippen LogP contribution in [0.3, 0.4) is 0 Å². The lowest BCUT2D eigenvalue weighted by atomic mass is 9.66. The number of allylic oxidation sites excluding steroid dienone is 1. The maximum absolute atomic E-state index is 13.4. The monoisotopic (exact) mass is 407 g/mol. The molecule has 0 aliphatic heterocycles. The third kappa shape index (κ3) is 3.04. The summed E-state index contributed by atoms with van der Waals surface area (Å²) in [6, 6.07) is 5.07. The second-order valence-electron chi connectivity index (χ2n) is 8.99. The van der Waals surface area contributed by atoms with Crippen molar-refractivity contribution < 1.29 is 14.4 Å². The minimum atomic E-state index is -1.50. The molecule has 0 bridgehead atoms. The molecule has 0 saturated carbocycles. The molecule has 4 nitrogen and oxygen atoms in total. The third-order valence-corrected chi connectivity index (χ3v) is 5.64. The average Bonchev–Trinajstić information content (AvgIpc) is 2.94. The maximum Gasteiger partial charge on any atom is 0.195 e. The molecule has 1 atom stereocenters. The van der Waals surface area contributed by atoms with Gasteiger partial charge >= 0.3 is 0 Å². The number of benzene rings is 1. The molecule has 144 valence electrons. The number of hydrogen-bond donors (Lipinski definition) is 1. The highest BCUT2D eigenvalue weighted by Gasteiger charge is 2.52. The number of fused-ring (bicyclic) bond motifs is 1. The first kappa shape index (κ1) is 20.1. The average molecular weight is 408 g/mol. The van der Waals surface area contributed by atoms with Crippen LogP contribution >= 0.6 is 23.2 Å². The zero-order chi connectivity index (χ0) is 20.4. The van der Waals surface area contributed by atoms with Gasteiger partial charge in [-0.05, 0) is 23.6 Å². The molecule has 0 fully saturated rings. The molecule has 27 heavy (non-hydrogen) atoms. The normalized spacial score (nSPS) is 20.5. The van der Waals surface area contributed by atoms with Gasteiger partial charge in [0.1, 0.15) is 11.3 Å². The predicted molar refractivity (Wildman–Crippen MR) is 107 cm³/mol. The lowest BCUT2D eigenvalue weighted by Crippen LogP contribution is -2.43. The van der Waals surface area contributed by atoms with Gasteiger partial charge in [0.25, 0.3) is 0 Å². The van der Waals surface area contributed by atoms with Gasteiger partial charge in [-0.2, -0.15) is 0 Å². The van der Waals surface area contributed by atoms with Gasteiger partial charge in [0, 0.05) is 16.6 Å². The van der Waals surface area contributed by atoms with Gasteiger partial charge in [-0.3, -0.25) is 4.79 Å². The minimum Gasteiger partial charge on any atom is -0.377 e. The van der Waals surface area contributed by atoms with E-state index >= 15 is 0 Å². The summed E-state index contributed by atoms with van der Waals surface area (Å²) in [4.78, 5) is 13.4. The van der Waals surface area contributed by atoms with E-state index in [9.17, 15) is 9.90 Å². The van der Waals surface area contributed by atoms with Crippen LogP contribution in [0.1, 0.15) is 57.7 Å². The first-order valence-corrected chi connectivity index (χ1v) is 9.49. The molecule has 2 aromatic rings. The molecule has 1 aliphatic carbocycles. The Morgan fingerprint density at radius 3 is 2.07 bits per heavy atom. The Bertz CT molecular complexity index is 941. The van der Waals surface area contributed by atoms with E-state index < -0.39 is 16.4 Å². The largest absolute Gasteiger partial charge is 0.377 e. The van der Waals surface area contributed by atoms with Gasteiger partial charge in [-0.25, -0.2) is 0 Å². The van der Waals surface area contributed by atoms with Crippen LogP contribution in [0.2, 0.25) is 10.0 Å². The van der Waals surface area contributed by atoms with Crippen molar-refractivity contribution in [2.45, 2.75) is 47.1 Å². The molecular formula is C21H23Cl2NO3. The lowest BCUT2D eigenvalue weighted by molar-refractivity contribution is -0.0430. The number of carbonyl (C=O) groups excluding carboxylic acids is 1. The molecule has 1 aromatic heterocycles. The summed E-state index contributed by atoms with van der Waals surface area (Å²) in [6.07, 6.45) is 1.61. The van der Waals surface area contributed by atoms with Crippen LogP contribution in [0.25, 0.3) is 11.3 Å². The van der Waals surface area contributed by atoms with Crippen molar-refractivity contribution in [3.8, 4) is 11.3 Å². The Hall–Kier alpha value is -1.62. The molecule has 1 N–H and O–H groups in total. The fourth-order valence-corrected chi connectivity index (χ4v) is 3.82. The van der Waals surface area contributed by atoms with Crippen LogP contribution < -0.4 is 0 Å². The molecule has 0 amide bonds. The van der Waals surface area contributed by atoms with Gasteiger partial charge in [0.05, 0.1) is 15.6 Å². The summed E-state index contributed by atoms with van der Waals surface area (Å²) in [6.45, 7) is 11.4. The van der Waals surface area contributed by atoms with Crippen molar-refractivity contribution in [2.24, 2.45) is 10.8 Å². The molecule has 1 aromatic carbocycles. The van der Waals surface area contributed by atoms with Gasteiger partial charge in [-0.15, -0.1) is 0 Å². The Balaban J connectivity index is 2.38. The number of halogens is 2. The predicted octanol–water partition coefficient (Wildman–Crippen LogP) is 6.05. The first-order valence-electron chi connectivity index (χ1n) is 8.74. The second kappa shape index (κ2) is 6.20. The minimum absolute atomic E-state index is 0.124. The maximum atomic E-state index is 13.4. The third-order valence-electron chi connectivity index (χ3n) is 5.01. The van der Waals surface area contributed by atoms with E-state index in [4.69, 9.17) is 27.7 Å². The number of carbonyl (C=O) groups is 1. The van der Waals surface area contributed by atoms with E-state index in [0.717, 1.165) is 0 Å². The van der Waals surface area contributed by atoms with E-state index in [1.54, 1.807) is 24.3 Å². The fourth-order valence-electron chi connectivity index (χ4n) is 3.24. The molecule has 1 heterocycles. The van der Waals surface area contributed by atoms with E-state index in [1.165, 1.54) is 0 Å². The topological polar surface area (TPSA) is 63.3 Å². The number of Topliss-reactive ketones (excluding diaryl/α,β-unsaturated/α-hetero) is 1. The second-order valence-corrected chi connectivity index (χ2v) is 9.80. The first-order chi connectivity index (χ1) is 12.3. The molecule has 0 spiro atoms. The number of ketones is 1. The summed E-state index contributed by atoms with van der Waals surface area (Å²) in [5.41, 5.74) is -1.23. The molecule has 1 aliphatic rings. The van der Waals surface area contributed by atoms with Crippen LogP contribution in [0, 0.1) is 10.8 Å². The van der Waals surface area contributed by atoms with E-state index in [-0.39, 0.29) is 22.8 Å². The highest BCUT2D eigenvalue weighted by Crippen LogP contribution is 2.51. The SMILES string of the molecule is CC(C)(C)C1=CC(O)(C(C)(C)C)c2onc(-c3c(Cl)cccc3Cl)c2C1=O. The number of aliphatic hydroxyl groups is 1. The van der Waals surface area contributed by atoms with Crippen LogP contribution in [-0.2, 0) is 5.60 Å². The van der Waals surface area contributed by atoms with Crippen LogP contribution in [0.5, 0.6) is 0 Å². The van der Waals surface area contributed by atoms with Crippen molar-refractivity contribution in [3.63, 3.8) is 0 Å². The summed E-state index contributed by atoms with van der Waals surface area (Å²) >= 11 is 12.7. The molecule has 1 unspecified atom stereocenters. The zero-order valence-electron chi connectivity index (χ0n) is 16.3. The standard InChI is InChI=1S/C21H23Cl2NO3/c1-19(2,3)11-10-21(26,20(4,5)6)18-15(17(11)25)16(24-27-18)14-12(22)8-7-9-13(14)23/h7-10,26H,1-6H3. The van der Waals surface area contributed by atoms with Gasteiger partial charge in [0.15, 0.2) is 11.5 Å². The summed E-state index contributed by atoms with van der Waals surface area (Å²) in [7, 11) is 0. The number of nitrogens with zero attached hydrogens (tertiary/aromatic N) is 1. The fraction of sp³-hybridized carbons (Fsp3) is 0.429. The number of rotatable bonds is 1. The van der Waals surface area contributed by atoms with Crippen molar-refractivity contribution in [1.82, 2.24) is 5.16 Å². The molecule has 3 rings (SSSR count). The Morgan fingerprint density at radius 2 is 1.59 bits per heavy atom. The molecule has 0 saturated heterocycles. The van der Waals surface area contributed by atoms with Crippen LogP contribution in [0.4, 0.5) is 0 Å².